The van der Waals surface area contributed by atoms with Crippen molar-refractivity contribution >= 4 is 5.97 Å². The fourth-order valence-corrected chi connectivity index (χ4v) is 1.96. The van der Waals surface area contributed by atoms with E-state index >= 15 is 0 Å². The van der Waals surface area contributed by atoms with Crippen molar-refractivity contribution in [2.24, 2.45) is 5.92 Å². The van der Waals surface area contributed by atoms with Crippen LogP contribution in [0.15, 0.2) is 30.3 Å². The van der Waals surface area contributed by atoms with Crippen LogP contribution in [0.1, 0.15) is 32.8 Å². The summed E-state index contributed by atoms with van der Waals surface area (Å²) in [6.45, 7) is 6.34. The maximum atomic E-state index is 11.3. The first-order chi connectivity index (χ1) is 10.3. The number of rotatable bonds is 9. The van der Waals surface area contributed by atoms with E-state index in [9.17, 15) is 15.0 Å². The number of carboxylic acid groups (broad SMARTS) is 1. The summed E-state index contributed by atoms with van der Waals surface area (Å²) < 4.78 is 10.9. The van der Waals surface area contributed by atoms with Crippen LogP contribution in [0.2, 0.25) is 0 Å². The number of ether oxygens (including phenoxy) is 2. The molecule has 0 aliphatic heterocycles. The van der Waals surface area contributed by atoms with Gasteiger partial charge in [0.05, 0.1) is 30.8 Å². The Hall–Kier alpha value is -1.43. The van der Waals surface area contributed by atoms with Crippen molar-refractivity contribution in [1.82, 2.24) is 0 Å². The molecule has 0 fully saturated rings. The number of carbonyl (C=O) groups is 1. The van der Waals surface area contributed by atoms with Crippen molar-refractivity contribution < 1.29 is 24.5 Å². The Kier molecular flexibility index (Phi) is 7.51. The number of aliphatic hydroxyl groups excluding tert-OH is 1. The summed E-state index contributed by atoms with van der Waals surface area (Å²) in [5.41, 5.74) is 0.662. The van der Waals surface area contributed by atoms with E-state index in [1.54, 1.807) is 0 Å². The van der Waals surface area contributed by atoms with E-state index in [-0.39, 0.29) is 25.2 Å². The van der Waals surface area contributed by atoms with Gasteiger partial charge < -0.3 is 19.7 Å². The SMILES string of the molecule is CC(C)(C)OCC[C@H](C(=O)O)[C@@H](O)COCc1ccccc1. The maximum absolute atomic E-state index is 11.3. The molecule has 2 atom stereocenters. The molecule has 0 radical (unpaired) electrons. The van der Waals surface area contributed by atoms with Gasteiger partial charge in [-0.25, -0.2) is 0 Å². The Bertz CT molecular complexity index is 438. The average Bonchev–Trinajstić information content (AvgIpc) is 2.43. The van der Waals surface area contributed by atoms with Crippen LogP contribution in [-0.4, -0.2) is 41.1 Å². The number of hydrogen-bond donors (Lipinski definition) is 2. The van der Waals surface area contributed by atoms with Gasteiger partial charge in [-0.15, -0.1) is 0 Å². The van der Waals surface area contributed by atoms with Crippen LogP contribution in [0.4, 0.5) is 0 Å². The van der Waals surface area contributed by atoms with Crippen molar-refractivity contribution in [3.8, 4) is 0 Å². The molecule has 0 bridgehead atoms. The van der Waals surface area contributed by atoms with Crippen LogP contribution in [0.5, 0.6) is 0 Å². The van der Waals surface area contributed by atoms with Crippen molar-refractivity contribution in [2.45, 2.75) is 45.5 Å². The van der Waals surface area contributed by atoms with Gasteiger partial charge in [0.2, 0.25) is 0 Å². The molecule has 0 amide bonds. The summed E-state index contributed by atoms with van der Waals surface area (Å²) in [5.74, 6) is -1.92. The zero-order chi connectivity index (χ0) is 16.6. The van der Waals surface area contributed by atoms with Gasteiger partial charge in [-0.1, -0.05) is 30.3 Å². The topological polar surface area (TPSA) is 76.0 Å². The Labute approximate surface area is 131 Å². The first-order valence-electron chi connectivity index (χ1n) is 7.46. The normalized spacial score (nSPS) is 14.5. The number of hydrogen-bond acceptors (Lipinski definition) is 4. The van der Waals surface area contributed by atoms with E-state index in [1.165, 1.54) is 0 Å². The minimum absolute atomic E-state index is 0.0125. The van der Waals surface area contributed by atoms with Crippen LogP contribution in [0.3, 0.4) is 0 Å². The van der Waals surface area contributed by atoms with Gasteiger partial charge in [0.15, 0.2) is 0 Å². The van der Waals surface area contributed by atoms with Gasteiger partial charge in [0.1, 0.15) is 0 Å². The van der Waals surface area contributed by atoms with Crippen LogP contribution in [0, 0.1) is 5.92 Å². The molecular weight excluding hydrogens is 284 g/mol. The quantitative estimate of drug-likeness (QED) is 0.733. The second kappa shape index (κ2) is 8.88. The summed E-state index contributed by atoms with van der Waals surface area (Å²) >= 11 is 0. The third-order valence-electron chi connectivity index (χ3n) is 3.15. The summed E-state index contributed by atoms with van der Waals surface area (Å²) in [6.07, 6.45) is -0.799. The van der Waals surface area contributed by atoms with E-state index in [2.05, 4.69) is 0 Å². The fraction of sp³-hybridized carbons (Fsp3) is 0.588. The maximum Gasteiger partial charge on any atom is 0.309 e. The summed E-state index contributed by atoms with van der Waals surface area (Å²) in [7, 11) is 0. The Morgan fingerprint density at radius 3 is 2.41 bits per heavy atom. The summed E-state index contributed by atoms with van der Waals surface area (Å²) in [4.78, 5) is 11.3. The van der Waals surface area contributed by atoms with E-state index in [4.69, 9.17) is 9.47 Å². The van der Waals surface area contributed by atoms with Gasteiger partial charge in [-0.05, 0) is 32.8 Å². The van der Waals surface area contributed by atoms with Gasteiger partial charge in [-0.2, -0.15) is 0 Å². The zero-order valence-electron chi connectivity index (χ0n) is 13.5. The molecule has 0 spiro atoms. The van der Waals surface area contributed by atoms with E-state index in [0.717, 1.165) is 5.56 Å². The molecule has 22 heavy (non-hydrogen) atoms. The molecule has 1 aromatic carbocycles. The van der Waals surface area contributed by atoms with Crippen molar-refractivity contribution in [3.63, 3.8) is 0 Å². The molecular formula is C17H26O5. The molecule has 0 saturated heterocycles. The lowest BCUT2D eigenvalue weighted by molar-refractivity contribution is -0.149. The predicted molar refractivity (Wildman–Crippen MR) is 83.6 cm³/mol. The molecule has 124 valence electrons. The number of carboxylic acids is 1. The predicted octanol–water partition coefficient (Wildman–Crippen LogP) is 2.47. The molecule has 0 aliphatic carbocycles. The van der Waals surface area contributed by atoms with Crippen molar-refractivity contribution in [2.75, 3.05) is 13.2 Å². The first kappa shape index (κ1) is 18.6. The van der Waals surface area contributed by atoms with Crippen LogP contribution in [0.25, 0.3) is 0 Å². The lowest BCUT2D eigenvalue weighted by atomic mass is 9.99. The number of aliphatic hydroxyl groups is 1. The molecule has 0 saturated carbocycles. The van der Waals surface area contributed by atoms with Gasteiger partial charge in [0, 0.05) is 6.61 Å². The molecule has 0 heterocycles. The highest BCUT2D eigenvalue weighted by Crippen LogP contribution is 2.15. The Morgan fingerprint density at radius 2 is 1.86 bits per heavy atom. The zero-order valence-corrected chi connectivity index (χ0v) is 13.5. The molecule has 5 nitrogen and oxygen atoms in total. The van der Waals surface area contributed by atoms with Crippen LogP contribution < -0.4 is 0 Å². The molecule has 0 aliphatic rings. The molecule has 0 unspecified atom stereocenters. The highest BCUT2D eigenvalue weighted by Gasteiger charge is 2.27. The highest BCUT2D eigenvalue weighted by molar-refractivity contribution is 5.70. The monoisotopic (exact) mass is 310 g/mol. The summed E-state index contributed by atoms with van der Waals surface area (Å²) in [6, 6.07) is 9.54. The number of aliphatic carboxylic acids is 1. The third kappa shape index (κ3) is 7.54. The minimum atomic E-state index is -1.05. The average molecular weight is 310 g/mol. The molecule has 1 aromatic rings. The molecule has 0 aromatic heterocycles. The fourth-order valence-electron chi connectivity index (χ4n) is 1.96. The third-order valence-corrected chi connectivity index (χ3v) is 3.15. The summed E-state index contributed by atoms with van der Waals surface area (Å²) in [5, 5.41) is 19.2. The standard InChI is InChI=1S/C17H26O5/c1-17(2,3)22-10-9-14(16(19)20)15(18)12-21-11-13-7-5-4-6-8-13/h4-8,14-15,18H,9-12H2,1-3H3,(H,19,20)/t14-,15-/m0/s1. The minimum Gasteiger partial charge on any atom is -0.481 e. The second-order valence-electron chi connectivity index (χ2n) is 6.26. The molecule has 5 heteroatoms. The van der Waals surface area contributed by atoms with E-state index in [0.29, 0.717) is 6.61 Å². The molecule has 1 rings (SSSR count). The molecule has 2 N–H and O–H groups in total. The highest BCUT2D eigenvalue weighted by atomic mass is 16.5. The van der Waals surface area contributed by atoms with Crippen molar-refractivity contribution in [1.29, 1.82) is 0 Å². The smallest absolute Gasteiger partial charge is 0.309 e. The Morgan fingerprint density at radius 1 is 1.23 bits per heavy atom. The van der Waals surface area contributed by atoms with Gasteiger partial charge in [-0.3, -0.25) is 4.79 Å². The lowest BCUT2D eigenvalue weighted by Gasteiger charge is -2.23. The Balaban J connectivity index is 2.37. The first-order valence-corrected chi connectivity index (χ1v) is 7.46. The van der Waals surface area contributed by atoms with E-state index < -0.39 is 18.0 Å². The lowest BCUT2D eigenvalue weighted by Crippen LogP contribution is -2.34. The second-order valence-corrected chi connectivity index (χ2v) is 6.26. The number of benzene rings is 1. The van der Waals surface area contributed by atoms with E-state index in [1.807, 2.05) is 51.1 Å². The van der Waals surface area contributed by atoms with Crippen LogP contribution >= 0.6 is 0 Å². The largest absolute Gasteiger partial charge is 0.481 e. The van der Waals surface area contributed by atoms with Gasteiger partial charge >= 0.3 is 5.97 Å². The van der Waals surface area contributed by atoms with Crippen molar-refractivity contribution in [3.05, 3.63) is 35.9 Å². The van der Waals surface area contributed by atoms with Crippen LogP contribution in [-0.2, 0) is 20.9 Å². The van der Waals surface area contributed by atoms with Gasteiger partial charge in [0.25, 0.3) is 0 Å².